The molecule has 2 rings (SSSR count). The van der Waals surface area contributed by atoms with Gasteiger partial charge in [-0.2, -0.15) is 0 Å². The summed E-state index contributed by atoms with van der Waals surface area (Å²) in [4.78, 5) is 34.3. The molecule has 0 aliphatic carbocycles. The van der Waals surface area contributed by atoms with Crippen LogP contribution in [0.4, 0.5) is 0 Å². The highest BCUT2D eigenvalue weighted by Crippen LogP contribution is 2.34. The summed E-state index contributed by atoms with van der Waals surface area (Å²) in [5.41, 5.74) is 1.14. The van der Waals surface area contributed by atoms with E-state index in [-0.39, 0.29) is 24.3 Å². The first-order valence-corrected chi connectivity index (χ1v) is 10.0. The third kappa shape index (κ3) is 5.40. The predicted molar refractivity (Wildman–Crippen MR) is 101 cm³/mol. The van der Waals surface area contributed by atoms with Crippen molar-refractivity contribution in [2.75, 3.05) is 12.4 Å². The van der Waals surface area contributed by atoms with Gasteiger partial charge in [0, 0.05) is 16.3 Å². The summed E-state index contributed by atoms with van der Waals surface area (Å²) in [5.74, 6) is -0.592. The molecule has 0 radical (unpaired) electrons. The van der Waals surface area contributed by atoms with Gasteiger partial charge in [-0.3, -0.25) is 9.59 Å². The fourth-order valence-electron chi connectivity index (χ4n) is 2.40. The fourth-order valence-corrected chi connectivity index (χ4v) is 4.31. The smallest absolute Gasteiger partial charge is 0.316 e. The topological polar surface area (TPSA) is 81.2 Å². The SMILES string of the molecule is CCC[C@H](C)NC(=O)COC(=O)CSc1ncnc2sc(C)c(C)c12. The third-order valence-corrected chi connectivity index (χ3v) is 5.83. The predicted octanol–water partition coefficient (Wildman–Crippen LogP) is 3.25. The van der Waals surface area contributed by atoms with E-state index in [1.165, 1.54) is 23.0 Å². The van der Waals surface area contributed by atoms with Crippen LogP contribution in [-0.4, -0.2) is 40.2 Å². The molecule has 0 aliphatic heterocycles. The molecule has 1 amide bonds. The maximum absolute atomic E-state index is 11.9. The molecule has 0 aliphatic rings. The number of thiophene rings is 1. The van der Waals surface area contributed by atoms with E-state index in [1.807, 2.05) is 20.8 Å². The molecule has 0 saturated heterocycles. The molecule has 0 unspecified atom stereocenters. The molecule has 1 N–H and O–H groups in total. The Hall–Kier alpha value is -1.67. The zero-order valence-electron chi connectivity index (χ0n) is 14.9. The van der Waals surface area contributed by atoms with E-state index < -0.39 is 5.97 Å². The minimum atomic E-state index is -0.431. The average molecular weight is 382 g/mol. The van der Waals surface area contributed by atoms with Crippen molar-refractivity contribution in [1.29, 1.82) is 0 Å². The van der Waals surface area contributed by atoms with E-state index in [2.05, 4.69) is 22.2 Å². The van der Waals surface area contributed by atoms with Crippen molar-refractivity contribution in [2.45, 2.75) is 51.6 Å². The minimum absolute atomic E-state index is 0.0877. The lowest BCUT2D eigenvalue weighted by Crippen LogP contribution is -2.35. The van der Waals surface area contributed by atoms with Gasteiger partial charge >= 0.3 is 5.97 Å². The minimum Gasteiger partial charge on any atom is -0.455 e. The Kier molecular flexibility index (Phi) is 7.19. The van der Waals surface area contributed by atoms with Crippen molar-refractivity contribution in [3.05, 3.63) is 16.8 Å². The highest BCUT2D eigenvalue weighted by Gasteiger charge is 2.15. The molecule has 2 aromatic heterocycles. The number of hydrogen-bond acceptors (Lipinski definition) is 7. The van der Waals surface area contributed by atoms with E-state index in [1.54, 1.807) is 11.3 Å². The van der Waals surface area contributed by atoms with Gasteiger partial charge in [0.1, 0.15) is 16.2 Å². The van der Waals surface area contributed by atoms with Crippen LogP contribution >= 0.6 is 23.1 Å². The highest BCUT2D eigenvalue weighted by atomic mass is 32.2. The number of hydrogen-bond donors (Lipinski definition) is 1. The van der Waals surface area contributed by atoms with Crippen molar-refractivity contribution in [3.8, 4) is 0 Å². The number of aryl methyl sites for hydroxylation is 2. The normalized spacial score (nSPS) is 12.2. The number of fused-ring (bicyclic) bond motifs is 1. The second kappa shape index (κ2) is 9.15. The molecular weight excluding hydrogens is 358 g/mol. The fraction of sp³-hybridized carbons (Fsp3) is 0.529. The van der Waals surface area contributed by atoms with Crippen molar-refractivity contribution < 1.29 is 14.3 Å². The van der Waals surface area contributed by atoms with Gasteiger partial charge in [-0.1, -0.05) is 25.1 Å². The number of nitrogens with zero attached hydrogens (tertiary/aromatic N) is 2. The Bertz CT molecular complexity index is 761. The summed E-state index contributed by atoms with van der Waals surface area (Å²) >= 11 is 2.93. The number of carbonyl (C=O) groups is 2. The monoisotopic (exact) mass is 381 g/mol. The van der Waals surface area contributed by atoms with E-state index in [0.717, 1.165) is 33.6 Å². The zero-order valence-corrected chi connectivity index (χ0v) is 16.6. The third-order valence-electron chi connectivity index (χ3n) is 3.75. The molecule has 25 heavy (non-hydrogen) atoms. The Morgan fingerprint density at radius 3 is 2.84 bits per heavy atom. The number of carbonyl (C=O) groups excluding carboxylic acids is 2. The molecule has 1 atom stereocenters. The molecule has 2 aromatic rings. The lowest BCUT2D eigenvalue weighted by Gasteiger charge is -2.12. The highest BCUT2D eigenvalue weighted by molar-refractivity contribution is 8.00. The summed E-state index contributed by atoms with van der Waals surface area (Å²) in [6.07, 6.45) is 3.40. The second-order valence-corrected chi connectivity index (χ2v) is 8.02. The number of ether oxygens (including phenoxy) is 1. The first kappa shape index (κ1) is 19.7. The molecule has 136 valence electrons. The maximum atomic E-state index is 11.9. The van der Waals surface area contributed by atoms with Gasteiger partial charge in [0.2, 0.25) is 0 Å². The summed E-state index contributed by atoms with van der Waals surface area (Å²) in [6.45, 7) is 7.82. The molecule has 0 aromatic carbocycles. The van der Waals surface area contributed by atoms with Crippen LogP contribution < -0.4 is 5.32 Å². The quantitative estimate of drug-likeness (QED) is 0.429. The molecule has 0 fully saturated rings. The summed E-state index contributed by atoms with van der Waals surface area (Å²) < 4.78 is 5.04. The first-order valence-electron chi connectivity index (χ1n) is 8.20. The Morgan fingerprint density at radius 2 is 2.12 bits per heavy atom. The number of aromatic nitrogens is 2. The van der Waals surface area contributed by atoms with E-state index in [9.17, 15) is 9.59 Å². The number of amides is 1. The van der Waals surface area contributed by atoms with Gasteiger partial charge in [-0.25, -0.2) is 9.97 Å². The Balaban J connectivity index is 1.85. The standard InChI is InChI=1S/C17H23N3O3S2/c1-5-6-10(2)20-13(21)7-23-14(22)8-24-16-15-11(3)12(4)25-17(15)19-9-18-16/h9-10H,5-8H2,1-4H3,(H,20,21)/t10-/m0/s1. The molecule has 6 nitrogen and oxygen atoms in total. The van der Waals surface area contributed by atoms with Gasteiger partial charge in [0.15, 0.2) is 6.61 Å². The molecular formula is C17H23N3O3S2. The van der Waals surface area contributed by atoms with Crippen LogP contribution in [0, 0.1) is 13.8 Å². The van der Waals surface area contributed by atoms with Crippen LogP contribution in [0.25, 0.3) is 10.2 Å². The second-order valence-electron chi connectivity index (χ2n) is 5.85. The summed E-state index contributed by atoms with van der Waals surface area (Å²) in [7, 11) is 0. The number of nitrogens with one attached hydrogen (secondary N) is 1. The Morgan fingerprint density at radius 1 is 1.36 bits per heavy atom. The number of rotatable bonds is 8. The van der Waals surface area contributed by atoms with Crippen LogP contribution in [0.5, 0.6) is 0 Å². The van der Waals surface area contributed by atoms with Gasteiger partial charge in [-0.15, -0.1) is 11.3 Å². The van der Waals surface area contributed by atoms with Crippen LogP contribution in [0.3, 0.4) is 0 Å². The van der Waals surface area contributed by atoms with Gasteiger partial charge in [-0.05, 0) is 32.8 Å². The number of esters is 1. The molecule has 0 spiro atoms. The maximum Gasteiger partial charge on any atom is 0.316 e. The van der Waals surface area contributed by atoms with Gasteiger partial charge in [0.05, 0.1) is 5.75 Å². The van der Waals surface area contributed by atoms with E-state index in [0.29, 0.717) is 0 Å². The summed E-state index contributed by atoms with van der Waals surface area (Å²) in [5, 5.41) is 4.56. The van der Waals surface area contributed by atoms with Crippen molar-refractivity contribution in [3.63, 3.8) is 0 Å². The van der Waals surface area contributed by atoms with Crippen molar-refractivity contribution >= 4 is 45.2 Å². The summed E-state index contributed by atoms with van der Waals surface area (Å²) in [6, 6.07) is 0.0877. The molecule has 8 heteroatoms. The Labute approximate surface area is 155 Å². The van der Waals surface area contributed by atoms with E-state index in [4.69, 9.17) is 4.74 Å². The first-order chi connectivity index (χ1) is 11.9. The van der Waals surface area contributed by atoms with Gasteiger partial charge in [0.25, 0.3) is 5.91 Å². The lowest BCUT2D eigenvalue weighted by atomic mass is 10.2. The average Bonchev–Trinajstić information content (AvgIpc) is 2.86. The zero-order chi connectivity index (χ0) is 18.4. The van der Waals surface area contributed by atoms with Crippen molar-refractivity contribution in [1.82, 2.24) is 15.3 Å². The van der Waals surface area contributed by atoms with Crippen LogP contribution in [0.15, 0.2) is 11.4 Å². The lowest BCUT2D eigenvalue weighted by molar-refractivity contribution is -0.146. The number of thioether (sulfide) groups is 1. The van der Waals surface area contributed by atoms with Crippen LogP contribution in [-0.2, 0) is 14.3 Å². The molecule has 0 saturated carbocycles. The van der Waals surface area contributed by atoms with Crippen LogP contribution in [0.1, 0.15) is 37.1 Å². The molecule has 0 bridgehead atoms. The van der Waals surface area contributed by atoms with Gasteiger partial charge < -0.3 is 10.1 Å². The largest absolute Gasteiger partial charge is 0.455 e. The van der Waals surface area contributed by atoms with Crippen molar-refractivity contribution in [2.24, 2.45) is 0 Å². The molecule has 2 heterocycles. The van der Waals surface area contributed by atoms with E-state index >= 15 is 0 Å². The van der Waals surface area contributed by atoms with Crippen LogP contribution in [0.2, 0.25) is 0 Å².